The molecule has 0 spiro atoms. The molecule has 0 radical (unpaired) electrons. The smallest absolute Gasteiger partial charge is 0.175 e. The summed E-state index contributed by atoms with van der Waals surface area (Å²) in [5.74, 6) is 1.68. The Balaban J connectivity index is 2.25. The topological polar surface area (TPSA) is 36.9 Å². The number of methoxy groups -OCH3 is 2. The zero-order valence-electron chi connectivity index (χ0n) is 11.8. The summed E-state index contributed by atoms with van der Waals surface area (Å²) in [5, 5.41) is 2.35. The van der Waals surface area contributed by atoms with Crippen LogP contribution >= 0.6 is 8.38 Å². The van der Waals surface area contributed by atoms with Gasteiger partial charge in [0.05, 0.1) is 20.8 Å². The molecule has 0 aliphatic carbocycles. The Bertz CT molecular complexity index is 636. The fraction of sp³-hybridized carbons (Fsp3) is 0.333. The highest BCUT2D eigenvalue weighted by Crippen LogP contribution is 2.48. The van der Waals surface area contributed by atoms with Crippen LogP contribution in [0.1, 0.15) is 11.1 Å². The molecule has 3 rings (SSSR count). The molecule has 0 aromatic heterocycles. The van der Waals surface area contributed by atoms with Crippen LogP contribution in [0.2, 0.25) is 0 Å². The molecule has 0 saturated carbocycles. The molecule has 1 atom stereocenters. The summed E-state index contributed by atoms with van der Waals surface area (Å²) in [4.78, 5) is 0. The standard InChI is InChI=1S/C15H17O4P/c1-16-13-4-10-5-14(17-2)7-12-9-20(18-3)19-8-11(6-13)15(10)12/h4-7H,8-9H2,1-3H3. The zero-order chi connectivity index (χ0) is 14.1. The second kappa shape index (κ2) is 5.57. The summed E-state index contributed by atoms with van der Waals surface area (Å²) in [6, 6.07) is 8.17. The van der Waals surface area contributed by atoms with Crippen molar-refractivity contribution in [2.45, 2.75) is 12.8 Å². The molecular weight excluding hydrogens is 275 g/mol. The largest absolute Gasteiger partial charge is 0.497 e. The molecule has 5 heteroatoms. The first-order valence-corrected chi connectivity index (χ1v) is 7.73. The zero-order valence-corrected chi connectivity index (χ0v) is 12.7. The van der Waals surface area contributed by atoms with Crippen LogP contribution in [0.4, 0.5) is 0 Å². The lowest BCUT2D eigenvalue weighted by Crippen LogP contribution is -1.93. The molecule has 106 valence electrons. The number of ether oxygens (including phenoxy) is 2. The van der Waals surface area contributed by atoms with Crippen molar-refractivity contribution in [3.05, 3.63) is 35.4 Å². The molecule has 0 saturated heterocycles. The van der Waals surface area contributed by atoms with Crippen molar-refractivity contribution in [1.29, 1.82) is 0 Å². The number of hydrogen-bond donors (Lipinski definition) is 0. The van der Waals surface area contributed by atoms with Crippen LogP contribution < -0.4 is 9.47 Å². The first-order valence-electron chi connectivity index (χ1n) is 6.37. The van der Waals surface area contributed by atoms with Gasteiger partial charge < -0.3 is 18.5 Å². The second-order valence-electron chi connectivity index (χ2n) is 4.62. The van der Waals surface area contributed by atoms with Crippen molar-refractivity contribution in [3.8, 4) is 11.5 Å². The van der Waals surface area contributed by atoms with E-state index in [1.807, 2.05) is 18.2 Å². The predicted molar refractivity (Wildman–Crippen MR) is 79.5 cm³/mol. The van der Waals surface area contributed by atoms with Gasteiger partial charge in [0, 0.05) is 13.3 Å². The summed E-state index contributed by atoms with van der Waals surface area (Å²) in [7, 11) is 4.16. The van der Waals surface area contributed by atoms with Gasteiger partial charge in [-0.1, -0.05) is 0 Å². The normalized spacial score (nSPS) is 17.9. The predicted octanol–water partition coefficient (Wildman–Crippen LogP) is 3.85. The molecular formula is C15H17O4P. The molecule has 4 nitrogen and oxygen atoms in total. The van der Waals surface area contributed by atoms with E-state index in [1.54, 1.807) is 21.3 Å². The Hall–Kier alpha value is -1.35. The van der Waals surface area contributed by atoms with Crippen molar-refractivity contribution in [3.63, 3.8) is 0 Å². The van der Waals surface area contributed by atoms with Gasteiger partial charge in [0.2, 0.25) is 0 Å². The molecule has 1 aliphatic rings. The molecule has 0 fully saturated rings. The molecule has 0 bridgehead atoms. The van der Waals surface area contributed by atoms with Gasteiger partial charge in [-0.05, 0) is 46.2 Å². The van der Waals surface area contributed by atoms with Gasteiger partial charge in [0.25, 0.3) is 0 Å². The van der Waals surface area contributed by atoms with Crippen LogP contribution in [0.15, 0.2) is 24.3 Å². The summed E-state index contributed by atoms with van der Waals surface area (Å²) < 4.78 is 22.0. The number of hydrogen-bond acceptors (Lipinski definition) is 4. The maximum atomic E-state index is 5.84. The fourth-order valence-corrected chi connectivity index (χ4v) is 3.69. The van der Waals surface area contributed by atoms with Gasteiger partial charge in [0.15, 0.2) is 8.38 Å². The summed E-state index contributed by atoms with van der Waals surface area (Å²) >= 11 is 0. The van der Waals surface area contributed by atoms with Gasteiger partial charge in [-0.2, -0.15) is 0 Å². The monoisotopic (exact) mass is 292 g/mol. The van der Waals surface area contributed by atoms with E-state index < -0.39 is 8.38 Å². The highest BCUT2D eigenvalue weighted by atomic mass is 31.2. The molecule has 1 aliphatic heterocycles. The lowest BCUT2D eigenvalue weighted by molar-refractivity contribution is 0.276. The minimum Gasteiger partial charge on any atom is -0.497 e. The third kappa shape index (κ3) is 2.35. The lowest BCUT2D eigenvalue weighted by Gasteiger charge is -2.12. The Labute approximate surface area is 119 Å². The van der Waals surface area contributed by atoms with E-state index in [2.05, 4.69) is 6.07 Å². The van der Waals surface area contributed by atoms with E-state index in [4.69, 9.17) is 18.5 Å². The van der Waals surface area contributed by atoms with Gasteiger partial charge in [-0.3, -0.25) is 0 Å². The average molecular weight is 292 g/mol. The Morgan fingerprint density at radius 3 is 2.20 bits per heavy atom. The van der Waals surface area contributed by atoms with Crippen LogP contribution in [0.5, 0.6) is 11.5 Å². The molecule has 1 unspecified atom stereocenters. The second-order valence-corrected chi connectivity index (χ2v) is 6.22. The lowest BCUT2D eigenvalue weighted by atomic mass is 9.99. The maximum absolute atomic E-state index is 5.84. The first-order chi connectivity index (χ1) is 9.75. The van der Waals surface area contributed by atoms with Crippen LogP contribution in [0.3, 0.4) is 0 Å². The van der Waals surface area contributed by atoms with Crippen molar-refractivity contribution >= 4 is 19.1 Å². The quantitative estimate of drug-likeness (QED) is 0.805. The van der Waals surface area contributed by atoms with Crippen molar-refractivity contribution in [1.82, 2.24) is 0 Å². The molecule has 2 aromatic carbocycles. The summed E-state index contributed by atoms with van der Waals surface area (Å²) in [6.45, 7) is 0.548. The van der Waals surface area contributed by atoms with Crippen LogP contribution in [-0.4, -0.2) is 21.3 Å². The highest BCUT2D eigenvalue weighted by Gasteiger charge is 2.21. The fourth-order valence-electron chi connectivity index (χ4n) is 2.56. The minimum absolute atomic E-state index is 0.548. The molecule has 1 heterocycles. The van der Waals surface area contributed by atoms with E-state index in [0.29, 0.717) is 6.61 Å². The van der Waals surface area contributed by atoms with Crippen LogP contribution in [0, 0.1) is 0 Å². The van der Waals surface area contributed by atoms with Gasteiger partial charge >= 0.3 is 0 Å². The Morgan fingerprint density at radius 2 is 1.60 bits per heavy atom. The third-order valence-electron chi connectivity index (χ3n) is 3.50. The van der Waals surface area contributed by atoms with Crippen molar-refractivity contribution in [2.75, 3.05) is 21.3 Å². The molecule has 0 amide bonds. The van der Waals surface area contributed by atoms with E-state index in [1.165, 1.54) is 10.9 Å². The van der Waals surface area contributed by atoms with Gasteiger partial charge in [-0.25, -0.2) is 0 Å². The first kappa shape index (κ1) is 13.6. The Morgan fingerprint density at radius 1 is 0.950 bits per heavy atom. The number of benzene rings is 2. The Kier molecular flexibility index (Phi) is 3.79. The maximum Gasteiger partial charge on any atom is 0.175 e. The van der Waals surface area contributed by atoms with Crippen molar-refractivity contribution in [2.24, 2.45) is 0 Å². The third-order valence-corrected chi connectivity index (χ3v) is 4.92. The van der Waals surface area contributed by atoms with Crippen LogP contribution in [0.25, 0.3) is 10.8 Å². The van der Waals surface area contributed by atoms with E-state index in [-0.39, 0.29) is 0 Å². The van der Waals surface area contributed by atoms with Gasteiger partial charge in [0.1, 0.15) is 11.5 Å². The molecule has 20 heavy (non-hydrogen) atoms. The minimum atomic E-state index is -0.896. The van der Waals surface area contributed by atoms with E-state index >= 15 is 0 Å². The highest BCUT2D eigenvalue weighted by molar-refractivity contribution is 7.46. The number of rotatable bonds is 3. The van der Waals surface area contributed by atoms with Crippen LogP contribution in [-0.2, 0) is 21.8 Å². The summed E-state index contributed by atoms with van der Waals surface area (Å²) in [6.07, 6.45) is 0.777. The average Bonchev–Trinajstić information content (AvgIpc) is 2.67. The van der Waals surface area contributed by atoms with E-state index in [0.717, 1.165) is 28.6 Å². The summed E-state index contributed by atoms with van der Waals surface area (Å²) in [5.41, 5.74) is 2.35. The molecule has 2 aromatic rings. The SMILES string of the molecule is COc1cc2c3c(cc(OC)cc3c1)CP(OC)OC2. The molecule has 0 N–H and O–H groups in total. The van der Waals surface area contributed by atoms with Crippen molar-refractivity contribution < 1.29 is 18.5 Å². The van der Waals surface area contributed by atoms with Gasteiger partial charge in [-0.15, -0.1) is 0 Å². The van der Waals surface area contributed by atoms with E-state index in [9.17, 15) is 0 Å².